The summed E-state index contributed by atoms with van der Waals surface area (Å²) in [6.45, 7) is 1.87. The molecule has 0 bridgehead atoms. The predicted molar refractivity (Wildman–Crippen MR) is 115 cm³/mol. The van der Waals surface area contributed by atoms with Crippen LogP contribution in [-0.2, 0) is 6.42 Å². The zero-order valence-corrected chi connectivity index (χ0v) is 17.8. The van der Waals surface area contributed by atoms with Crippen LogP contribution >= 0.6 is 11.8 Å². The Hall–Kier alpha value is -2.25. The maximum atomic E-state index is 14.2. The second kappa shape index (κ2) is 8.86. The highest BCUT2D eigenvalue weighted by Gasteiger charge is 2.58. The molecule has 0 fully saturated rings. The number of methoxy groups -OCH3 is 1. The molecule has 0 aliphatic carbocycles. The molecular formula is C23H24F3NO2S. The Labute approximate surface area is 178 Å². The molecule has 160 valence electrons. The van der Waals surface area contributed by atoms with Crippen molar-refractivity contribution < 1.29 is 23.0 Å². The number of aliphatic hydroxyl groups is 1. The van der Waals surface area contributed by atoms with Gasteiger partial charge in [0, 0.05) is 28.3 Å². The van der Waals surface area contributed by atoms with Crippen molar-refractivity contribution in [2.24, 2.45) is 0 Å². The van der Waals surface area contributed by atoms with E-state index in [1.165, 1.54) is 7.11 Å². The number of halogens is 3. The van der Waals surface area contributed by atoms with Gasteiger partial charge in [-0.3, -0.25) is 4.98 Å². The number of pyridine rings is 1. The van der Waals surface area contributed by atoms with Gasteiger partial charge in [0.1, 0.15) is 5.75 Å². The smallest absolute Gasteiger partial charge is 0.418 e. The molecule has 2 unspecified atom stereocenters. The number of thioether (sulfide) groups is 1. The first kappa shape index (κ1) is 22.4. The normalized spacial score (nSPS) is 15.0. The van der Waals surface area contributed by atoms with E-state index in [-0.39, 0.29) is 6.42 Å². The van der Waals surface area contributed by atoms with Gasteiger partial charge in [-0.05, 0) is 43.4 Å². The summed E-state index contributed by atoms with van der Waals surface area (Å²) in [5.74, 6) is -1.42. The minimum absolute atomic E-state index is 0.0149. The topological polar surface area (TPSA) is 42.4 Å². The van der Waals surface area contributed by atoms with E-state index in [4.69, 9.17) is 4.74 Å². The van der Waals surface area contributed by atoms with Crippen LogP contribution in [0.4, 0.5) is 13.2 Å². The quantitative estimate of drug-likeness (QED) is 0.530. The molecule has 7 heteroatoms. The Morgan fingerprint density at radius 2 is 1.80 bits per heavy atom. The summed E-state index contributed by atoms with van der Waals surface area (Å²) in [6, 6.07) is 15.7. The highest BCUT2D eigenvalue weighted by atomic mass is 32.2. The average molecular weight is 436 g/mol. The van der Waals surface area contributed by atoms with E-state index in [0.717, 1.165) is 22.8 Å². The SMILES string of the molecule is COc1ccccc1C(Cc1cccc2nc(C)ccc12)C(O)(CSC)C(F)(F)F. The number of nitrogens with zero attached hydrogens (tertiary/aromatic N) is 1. The van der Waals surface area contributed by atoms with Gasteiger partial charge in [-0.2, -0.15) is 24.9 Å². The largest absolute Gasteiger partial charge is 0.496 e. The van der Waals surface area contributed by atoms with Gasteiger partial charge in [0.05, 0.1) is 12.6 Å². The number of hydrogen-bond donors (Lipinski definition) is 1. The first-order chi connectivity index (χ1) is 14.2. The molecule has 1 N–H and O–H groups in total. The summed E-state index contributed by atoms with van der Waals surface area (Å²) in [5, 5.41) is 11.8. The van der Waals surface area contributed by atoms with Gasteiger partial charge in [-0.15, -0.1) is 0 Å². The first-order valence-corrected chi connectivity index (χ1v) is 10.9. The van der Waals surface area contributed by atoms with E-state index in [1.807, 2.05) is 25.1 Å². The molecule has 2 atom stereocenters. The van der Waals surface area contributed by atoms with Gasteiger partial charge in [0.15, 0.2) is 5.60 Å². The van der Waals surface area contributed by atoms with Crippen LogP contribution in [0.25, 0.3) is 10.9 Å². The summed E-state index contributed by atoms with van der Waals surface area (Å²) in [7, 11) is 1.42. The number of hydrogen-bond acceptors (Lipinski definition) is 4. The summed E-state index contributed by atoms with van der Waals surface area (Å²) >= 11 is 0.965. The Morgan fingerprint density at radius 1 is 1.07 bits per heavy atom. The fraction of sp³-hybridized carbons (Fsp3) is 0.348. The average Bonchev–Trinajstić information content (AvgIpc) is 2.71. The van der Waals surface area contributed by atoms with Crippen LogP contribution in [0.3, 0.4) is 0 Å². The Balaban J connectivity index is 2.20. The lowest BCUT2D eigenvalue weighted by Gasteiger charge is -2.38. The number of para-hydroxylation sites is 1. The summed E-state index contributed by atoms with van der Waals surface area (Å²) in [5.41, 5.74) is -0.367. The number of alkyl halides is 3. The van der Waals surface area contributed by atoms with Gasteiger partial charge >= 0.3 is 6.18 Å². The van der Waals surface area contributed by atoms with Crippen molar-refractivity contribution >= 4 is 22.7 Å². The lowest BCUT2D eigenvalue weighted by Crippen LogP contribution is -2.53. The maximum absolute atomic E-state index is 14.2. The highest BCUT2D eigenvalue weighted by molar-refractivity contribution is 7.98. The third-order valence-electron chi connectivity index (χ3n) is 5.33. The minimum Gasteiger partial charge on any atom is -0.496 e. The van der Waals surface area contributed by atoms with Crippen LogP contribution in [0.1, 0.15) is 22.7 Å². The molecule has 2 aromatic carbocycles. The fourth-order valence-electron chi connectivity index (χ4n) is 3.81. The van der Waals surface area contributed by atoms with E-state index in [1.54, 1.807) is 42.7 Å². The summed E-state index contributed by atoms with van der Waals surface area (Å²) in [4.78, 5) is 4.48. The molecule has 0 saturated heterocycles. The summed E-state index contributed by atoms with van der Waals surface area (Å²) in [6.07, 6.45) is -3.28. The van der Waals surface area contributed by atoms with Gasteiger partial charge in [0.2, 0.25) is 0 Å². The predicted octanol–water partition coefficient (Wildman–Crippen LogP) is 5.53. The molecule has 0 radical (unpaired) electrons. The van der Waals surface area contributed by atoms with Crippen molar-refractivity contribution in [2.45, 2.75) is 31.0 Å². The highest BCUT2D eigenvalue weighted by Crippen LogP contribution is 2.47. The Morgan fingerprint density at radius 3 is 2.47 bits per heavy atom. The van der Waals surface area contributed by atoms with Crippen LogP contribution < -0.4 is 4.74 Å². The summed E-state index contributed by atoms with van der Waals surface area (Å²) < 4.78 is 48.0. The molecule has 3 nitrogen and oxygen atoms in total. The van der Waals surface area contributed by atoms with Crippen LogP contribution in [0.5, 0.6) is 5.75 Å². The molecule has 0 aliphatic rings. The molecule has 1 aromatic heterocycles. The molecule has 3 aromatic rings. The minimum atomic E-state index is -4.82. The van der Waals surface area contributed by atoms with Crippen molar-refractivity contribution in [3.8, 4) is 5.75 Å². The van der Waals surface area contributed by atoms with Gasteiger partial charge < -0.3 is 9.84 Å². The molecule has 3 rings (SSSR count). The van der Waals surface area contributed by atoms with Crippen LogP contribution in [0, 0.1) is 6.92 Å². The Bertz CT molecular complexity index is 1020. The monoisotopic (exact) mass is 435 g/mol. The lowest BCUT2D eigenvalue weighted by molar-refractivity contribution is -0.259. The van der Waals surface area contributed by atoms with E-state index >= 15 is 0 Å². The second-order valence-electron chi connectivity index (χ2n) is 7.29. The van der Waals surface area contributed by atoms with Gasteiger partial charge in [-0.1, -0.05) is 36.4 Å². The van der Waals surface area contributed by atoms with Gasteiger partial charge in [0.25, 0.3) is 0 Å². The standard InChI is InChI=1S/C23H24F3NO2S/c1-15-11-12-17-16(7-6-9-20(17)27-15)13-19(18-8-4-5-10-21(18)29-2)22(28,14-30-3)23(24,25)26/h4-12,19,28H,13-14H2,1-3H3. The molecule has 0 aliphatic heterocycles. The number of rotatable bonds is 7. The van der Waals surface area contributed by atoms with Crippen molar-refractivity contribution in [1.82, 2.24) is 4.98 Å². The van der Waals surface area contributed by atoms with Crippen molar-refractivity contribution in [1.29, 1.82) is 0 Å². The van der Waals surface area contributed by atoms with Crippen LogP contribution in [-0.4, -0.2) is 41.0 Å². The molecule has 1 heterocycles. The van der Waals surface area contributed by atoms with Gasteiger partial charge in [-0.25, -0.2) is 0 Å². The number of aromatic nitrogens is 1. The second-order valence-corrected chi connectivity index (χ2v) is 8.16. The van der Waals surface area contributed by atoms with E-state index in [0.29, 0.717) is 22.4 Å². The Kier molecular flexibility index (Phi) is 6.62. The number of benzene rings is 2. The third-order valence-corrected chi connectivity index (χ3v) is 6.06. The fourth-order valence-corrected chi connectivity index (χ4v) is 4.61. The zero-order valence-electron chi connectivity index (χ0n) is 17.0. The lowest BCUT2D eigenvalue weighted by atomic mass is 9.77. The van der Waals surface area contributed by atoms with Crippen molar-refractivity contribution in [3.05, 3.63) is 71.4 Å². The number of aryl methyl sites for hydroxylation is 1. The first-order valence-electron chi connectivity index (χ1n) is 9.47. The van der Waals surface area contributed by atoms with Crippen molar-refractivity contribution in [3.63, 3.8) is 0 Å². The molecule has 0 amide bonds. The van der Waals surface area contributed by atoms with E-state index in [9.17, 15) is 18.3 Å². The zero-order chi connectivity index (χ0) is 21.9. The maximum Gasteiger partial charge on any atom is 0.418 e. The number of fused-ring (bicyclic) bond motifs is 1. The third kappa shape index (κ3) is 4.27. The van der Waals surface area contributed by atoms with Crippen LogP contribution in [0.2, 0.25) is 0 Å². The molecular weight excluding hydrogens is 411 g/mol. The van der Waals surface area contributed by atoms with Crippen LogP contribution in [0.15, 0.2) is 54.6 Å². The molecule has 30 heavy (non-hydrogen) atoms. The number of ether oxygens (including phenoxy) is 1. The van der Waals surface area contributed by atoms with E-state index in [2.05, 4.69) is 4.98 Å². The van der Waals surface area contributed by atoms with Crippen molar-refractivity contribution in [2.75, 3.05) is 19.1 Å². The van der Waals surface area contributed by atoms with E-state index < -0.39 is 23.4 Å². The molecule has 0 saturated carbocycles. The molecule has 0 spiro atoms.